The van der Waals surface area contributed by atoms with Gasteiger partial charge in [0, 0.05) is 24.2 Å². The minimum atomic E-state index is 0.643. The van der Waals surface area contributed by atoms with Crippen molar-refractivity contribution in [3.05, 3.63) is 0 Å². The molecular weight excluding hydrogens is 172 g/mol. The summed E-state index contributed by atoms with van der Waals surface area (Å²) in [4.78, 5) is 2.63. The molecule has 2 aliphatic heterocycles. The Labute approximate surface area is 88.1 Å². The number of fused-ring (bicyclic) bond motifs is 2. The second-order valence-corrected chi connectivity index (χ2v) is 5.39. The molecular formula is C12H24N2. The molecule has 14 heavy (non-hydrogen) atoms. The lowest BCUT2D eigenvalue weighted by atomic mass is 9.82. The number of hydrogen-bond donors (Lipinski definition) is 1. The van der Waals surface area contributed by atoms with Crippen molar-refractivity contribution in [3.63, 3.8) is 0 Å². The van der Waals surface area contributed by atoms with Crippen LogP contribution in [0.15, 0.2) is 0 Å². The van der Waals surface area contributed by atoms with E-state index in [0.717, 1.165) is 18.1 Å². The number of nitrogens with zero attached hydrogens (tertiary/aromatic N) is 1. The molecule has 0 aliphatic carbocycles. The van der Waals surface area contributed by atoms with Crippen molar-refractivity contribution in [3.8, 4) is 0 Å². The van der Waals surface area contributed by atoms with Crippen molar-refractivity contribution in [1.29, 1.82) is 0 Å². The molecule has 2 fully saturated rings. The maximum absolute atomic E-state index is 3.70. The van der Waals surface area contributed by atoms with Crippen molar-refractivity contribution in [1.82, 2.24) is 10.2 Å². The molecule has 0 aromatic heterocycles. The Balaban J connectivity index is 1.93. The third-order valence-corrected chi connectivity index (χ3v) is 3.91. The molecule has 0 amide bonds. The Morgan fingerprint density at radius 3 is 2.21 bits per heavy atom. The van der Waals surface area contributed by atoms with Crippen molar-refractivity contribution >= 4 is 0 Å². The maximum atomic E-state index is 3.70. The van der Waals surface area contributed by atoms with E-state index >= 15 is 0 Å². The van der Waals surface area contributed by atoms with Crippen LogP contribution >= 0.6 is 0 Å². The van der Waals surface area contributed by atoms with E-state index in [1.54, 1.807) is 0 Å². The zero-order valence-corrected chi connectivity index (χ0v) is 9.79. The maximum Gasteiger partial charge on any atom is 0.0110 e. The Morgan fingerprint density at radius 1 is 1.14 bits per heavy atom. The normalized spacial score (nSPS) is 39.0. The van der Waals surface area contributed by atoms with Crippen LogP contribution in [0.25, 0.3) is 0 Å². The lowest BCUT2D eigenvalue weighted by Crippen LogP contribution is -2.55. The van der Waals surface area contributed by atoms with Gasteiger partial charge in [0.15, 0.2) is 0 Å². The van der Waals surface area contributed by atoms with Crippen LogP contribution < -0.4 is 5.32 Å². The van der Waals surface area contributed by atoms with Crippen LogP contribution in [0.2, 0.25) is 0 Å². The number of piperidine rings is 2. The van der Waals surface area contributed by atoms with Crippen molar-refractivity contribution < 1.29 is 0 Å². The third kappa shape index (κ3) is 2.12. The zero-order chi connectivity index (χ0) is 10.1. The molecule has 2 rings (SSSR count). The van der Waals surface area contributed by atoms with Gasteiger partial charge in [-0.25, -0.2) is 0 Å². The second-order valence-electron chi connectivity index (χ2n) is 5.39. The van der Waals surface area contributed by atoms with Gasteiger partial charge in [0.05, 0.1) is 0 Å². The van der Waals surface area contributed by atoms with Crippen LogP contribution in [0.4, 0.5) is 0 Å². The Hall–Kier alpha value is -0.0800. The van der Waals surface area contributed by atoms with Gasteiger partial charge in [-0.1, -0.05) is 20.3 Å². The summed E-state index contributed by atoms with van der Waals surface area (Å²) in [6, 6.07) is 3.14. The highest BCUT2D eigenvalue weighted by Crippen LogP contribution is 2.32. The van der Waals surface area contributed by atoms with Crippen LogP contribution in [0, 0.1) is 0 Å². The SMILES string of the molecule is CC(C)NC1C[C@H]2CCC[C@H](C1)N2C. The van der Waals surface area contributed by atoms with Crippen molar-refractivity contribution in [2.24, 2.45) is 0 Å². The first-order valence-corrected chi connectivity index (χ1v) is 6.15. The monoisotopic (exact) mass is 196 g/mol. The van der Waals surface area contributed by atoms with Crippen molar-refractivity contribution in [2.75, 3.05) is 7.05 Å². The fourth-order valence-corrected chi connectivity index (χ4v) is 3.22. The average molecular weight is 196 g/mol. The molecule has 2 heteroatoms. The zero-order valence-electron chi connectivity index (χ0n) is 9.79. The fourth-order valence-electron chi connectivity index (χ4n) is 3.22. The Morgan fingerprint density at radius 2 is 1.71 bits per heavy atom. The predicted molar refractivity (Wildman–Crippen MR) is 60.5 cm³/mol. The topological polar surface area (TPSA) is 15.3 Å². The molecule has 2 aliphatic rings. The van der Waals surface area contributed by atoms with Gasteiger partial charge >= 0.3 is 0 Å². The van der Waals surface area contributed by atoms with Gasteiger partial charge < -0.3 is 10.2 Å². The summed E-state index contributed by atoms with van der Waals surface area (Å²) in [6.45, 7) is 4.52. The minimum Gasteiger partial charge on any atom is -0.312 e. The van der Waals surface area contributed by atoms with Gasteiger partial charge in [0.1, 0.15) is 0 Å². The highest BCUT2D eigenvalue weighted by atomic mass is 15.2. The van der Waals surface area contributed by atoms with Gasteiger partial charge in [-0.15, -0.1) is 0 Å². The first-order valence-electron chi connectivity index (χ1n) is 6.15. The van der Waals surface area contributed by atoms with Crippen LogP contribution in [-0.2, 0) is 0 Å². The molecule has 0 saturated carbocycles. The molecule has 0 unspecified atom stereocenters. The summed E-state index contributed by atoms with van der Waals surface area (Å²) >= 11 is 0. The summed E-state index contributed by atoms with van der Waals surface area (Å²) in [5, 5.41) is 3.70. The quantitative estimate of drug-likeness (QED) is 0.726. The lowest BCUT2D eigenvalue weighted by Gasteiger charge is -2.47. The highest BCUT2D eigenvalue weighted by Gasteiger charge is 2.35. The summed E-state index contributed by atoms with van der Waals surface area (Å²) < 4.78 is 0. The standard InChI is InChI=1S/C12H24N2/c1-9(2)13-10-7-11-5-4-6-12(8-10)14(11)3/h9-13H,4-8H2,1-3H3/t11-,12-/m1/s1. The van der Waals surface area contributed by atoms with E-state index in [-0.39, 0.29) is 0 Å². The van der Waals surface area contributed by atoms with E-state index in [1.807, 2.05) is 0 Å². The molecule has 2 saturated heterocycles. The third-order valence-electron chi connectivity index (χ3n) is 3.91. The van der Waals surface area contributed by atoms with Crippen LogP contribution in [0.5, 0.6) is 0 Å². The van der Waals surface area contributed by atoms with Crippen LogP contribution in [0.1, 0.15) is 46.0 Å². The predicted octanol–water partition coefficient (Wildman–Crippen LogP) is 2.00. The molecule has 0 aromatic carbocycles. The first kappa shape index (κ1) is 10.4. The molecule has 82 valence electrons. The van der Waals surface area contributed by atoms with E-state index in [2.05, 4.69) is 31.1 Å². The summed E-state index contributed by atoms with van der Waals surface area (Å²) in [6.07, 6.45) is 7.02. The molecule has 0 aromatic rings. The number of nitrogens with one attached hydrogen (secondary N) is 1. The van der Waals surface area contributed by atoms with Crippen LogP contribution in [-0.4, -0.2) is 36.1 Å². The van der Waals surface area contributed by atoms with E-state index in [1.165, 1.54) is 32.1 Å². The Kier molecular flexibility index (Phi) is 3.13. The fraction of sp³-hybridized carbons (Fsp3) is 1.00. The highest BCUT2D eigenvalue weighted by molar-refractivity contribution is 4.93. The van der Waals surface area contributed by atoms with Gasteiger partial charge in [-0.2, -0.15) is 0 Å². The average Bonchev–Trinajstić information content (AvgIpc) is 2.05. The number of hydrogen-bond acceptors (Lipinski definition) is 2. The van der Waals surface area contributed by atoms with Gasteiger partial charge in [-0.3, -0.25) is 0 Å². The van der Waals surface area contributed by atoms with E-state index in [4.69, 9.17) is 0 Å². The summed E-state index contributed by atoms with van der Waals surface area (Å²) in [5.74, 6) is 0. The second kappa shape index (κ2) is 4.19. The van der Waals surface area contributed by atoms with Crippen molar-refractivity contribution in [2.45, 2.75) is 70.1 Å². The Bertz CT molecular complexity index is 177. The van der Waals surface area contributed by atoms with E-state index < -0.39 is 0 Å². The van der Waals surface area contributed by atoms with Crippen LogP contribution in [0.3, 0.4) is 0 Å². The molecule has 1 N–H and O–H groups in total. The number of rotatable bonds is 2. The molecule has 2 nitrogen and oxygen atoms in total. The van der Waals surface area contributed by atoms with Gasteiger partial charge in [0.25, 0.3) is 0 Å². The first-order chi connectivity index (χ1) is 6.66. The summed E-state index contributed by atoms with van der Waals surface area (Å²) in [7, 11) is 2.32. The molecule has 2 atom stereocenters. The summed E-state index contributed by atoms with van der Waals surface area (Å²) in [5.41, 5.74) is 0. The molecule has 0 radical (unpaired) electrons. The molecule has 2 bridgehead atoms. The van der Waals surface area contributed by atoms with Gasteiger partial charge in [0.2, 0.25) is 0 Å². The van der Waals surface area contributed by atoms with E-state index in [9.17, 15) is 0 Å². The largest absolute Gasteiger partial charge is 0.312 e. The smallest absolute Gasteiger partial charge is 0.0110 e. The molecule has 2 heterocycles. The molecule has 0 spiro atoms. The lowest BCUT2D eigenvalue weighted by molar-refractivity contribution is 0.0468. The van der Waals surface area contributed by atoms with Gasteiger partial charge in [-0.05, 0) is 32.7 Å². The van der Waals surface area contributed by atoms with E-state index in [0.29, 0.717) is 6.04 Å². The minimum absolute atomic E-state index is 0.643.